The fraction of sp³-hybridized carbons (Fsp3) is 0.333. The highest BCUT2D eigenvalue weighted by Gasteiger charge is 2.13. The molecule has 0 aromatic heterocycles. The minimum Gasteiger partial charge on any atom is -0.506 e. The number of rotatable bonds is 8. The fourth-order valence-corrected chi connectivity index (χ4v) is 3.55. The van der Waals surface area contributed by atoms with Crippen LogP contribution in [0.4, 0.5) is 5.69 Å². The molecule has 23 heavy (non-hydrogen) atoms. The van der Waals surface area contributed by atoms with Crippen LogP contribution in [0.2, 0.25) is 0 Å². The number of phenols is 1. The van der Waals surface area contributed by atoms with E-state index in [0.717, 1.165) is 30.4 Å². The number of hydrogen-bond donors (Lipinski definition) is 2. The molecule has 5 heteroatoms. The lowest BCUT2D eigenvalue weighted by Gasteiger charge is -2.11. The lowest BCUT2D eigenvalue weighted by molar-refractivity contribution is 0.477. The second-order valence-corrected chi connectivity index (χ2v) is 7.42. The summed E-state index contributed by atoms with van der Waals surface area (Å²) in [4.78, 5) is 0. The molecule has 2 aromatic rings. The third kappa shape index (κ3) is 5.28. The van der Waals surface area contributed by atoms with Gasteiger partial charge < -0.3 is 5.11 Å². The molecule has 0 amide bonds. The highest BCUT2D eigenvalue weighted by atomic mass is 32.2. The third-order valence-electron chi connectivity index (χ3n) is 3.64. The molecular weight excluding hydrogens is 310 g/mol. The van der Waals surface area contributed by atoms with Gasteiger partial charge in [-0.25, -0.2) is 8.42 Å². The molecule has 0 radical (unpaired) electrons. The first-order chi connectivity index (χ1) is 11.0. The maximum Gasteiger partial charge on any atom is 0.232 e. The van der Waals surface area contributed by atoms with E-state index < -0.39 is 10.0 Å². The number of nitrogens with one attached hydrogen (secondary N) is 1. The average molecular weight is 333 g/mol. The first-order valence-electron chi connectivity index (χ1n) is 7.91. The van der Waals surface area contributed by atoms with E-state index in [0.29, 0.717) is 6.42 Å². The van der Waals surface area contributed by atoms with Crippen molar-refractivity contribution < 1.29 is 13.5 Å². The Hall–Kier alpha value is -2.01. The smallest absolute Gasteiger partial charge is 0.232 e. The van der Waals surface area contributed by atoms with Gasteiger partial charge in [0, 0.05) is 0 Å². The molecule has 0 bridgehead atoms. The molecule has 2 aromatic carbocycles. The average Bonchev–Trinajstić information content (AvgIpc) is 2.54. The number of aromatic hydroxyl groups is 1. The van der Waals surface area contributed by atoms with Gasteiger partial charge in [0.1, 0.15) is 5.75 Å². The van der Waals surface area contributed by atoms with E-state index in [4.69, 9.17) is 0 Å². The van der Waals surface area contributed by atoms with Gasteiger partial charge in [-0.3, -0.25) is 4.72 Å². The van der Waals surface area contributed by atoms with E-state index in [1.54, 1.807) is 12.1 Å². The molecule has 2 N–H and O–H groups in total. The lowest BCUT2D eigenvalue weighted by atomic mass is 10.1. The zero-order valence-electron chi connectivity index (χ0n) is 13.3. The van der Waals surface area contributed by atoms with E-state index in [9.17, 15) is 13.5 Å². The van der Waals surface area contributed by atoms with Gasteiger partial charge in [-0.15, -0.1) is 0 Å². The molecule has 0 aliphatic rings. The van der Waals surface area contributed by atoms with Gasteiger partial charge in [-0.2, -0.15) is 0 Å². The van der Waals surface area contributed by atoms with Crippen molar-refractivity contribution in [2.45, 2.75) is 32.6 Å². The summed E-state index contributed by atoms with van der Waals surface area (Å²) in [5.41, 5.74) is 2.05. The normalized spacial score (nSPS) is 11.3. The van der Waals surface area contributed by atoms with Crippen molar-refractivity contribution in [3.8, 4) is 16.9 Å². The van der Waals surface area contributed by atoms with E-state index in [1.807, 2.05) is 30.3 Å². The zero-order valence-corrected chi connectivity index (χ0v) is 14.1. The predicted octanol–water partition coefficient (Wildman–Crippen LogP) is 4.38. The summed E-state index contributed by atoms with van der Waals surface area (Å²) < 4.78 is 26.8. The maximum atomic E-state index is 12.1. The number of hydrogen-bond acceptors (Lipinski definition) is 3. The molecule has 0 unspecified atom stereocenters. The molecule has 0 heterocycles. The van der Waals surface area contributed by atoms with Crippen LogP contribution in [0.15, 0.2) is 48.5 Å². The highest BCUT2D eigenvalue weighted by Crippen LogP contribution is 2.30. The second-order valence-electron chi connectivity index (χ2n) is 5.58. The quantitative estimate of drug-likeness (QED) is 0.556. The Morgan fingerprint density at radius 1 is 0.957 bits per heavy atom. The van der Waals surface area contributed by atoms with Crippen LogP contribution in [0.3, 0.4) is 0 Å². The molecule has 0 saturated heterocycles. The number of unbranched alkanes of at least 4 members (excludes halogenated alkanes) is 3. The molecule has 2 rings (SSSR count). The van der Waals surface area contributed by atoms with Crippen molar-refractivity contribution in [1.82, 2.24) is 0 Å². The summed E-state index contributed by atoms with van der Waals surface area (Å²) in [5, 5.41) is 9.93. The van der Waals surface area contributed by atoms with E-state index in [1.165, 1.54) is 6.07 Å². The van der Waals surface area contributed by atoms with Crippen LogP contribution >= 0.6 is 0 Å². The minimum absolute atomic E-state index is 0.0678. The Morgan fingerprint density at radius 3 is 2.39 bits per heavy atom. The first kappa shape index (κ1) is 17.3. The van der Waals surface area contributed by atoms with E-state index >= 15 is 0 Å². The zero-order chi connectivity index (χ0) is 16.7. The van der Waals surface area contributed by atoms with Gasteiger partial charge in [-0.1, -0.05) is 62.6 Å². The highest BCUT2D eigenvalue weighted by molar-refractivity contribution is 7.92. The predicted molar refractivity (Wildman–Crippen MR) is 95.1 cm³/mol. The van der Waals surface area contributed by atoms with E-state index in [-0.39, 0.29) is 17.2 Å². The molecule has 0 fully saturated rings. The van der Waals surface area contributed by atoms with Gasteiger partial charge >= 0.3 is 0 Å². The van der Waals surface area contributed by atoms with Crippen LogP contribution in [0.5, 0.6) is 5.75 Å². The Labute approximate surface area is 138 Å². The standard InChI is InChI=1S/C18H23NO3S/c1-2-3-4-8-13-23(21,22)19-17-14-16(11-12-18(17)20)15-9-6-5-7-10-15/h5-7,9-12,14,19-20H,2-4,8,13H2,1H3. The van der Waals surface area contributed by atoms with E-state index in [2.05, 4.69) is 11.6 Å². The minimum atomic E-state index is -3.45. The largest absolute Gasteiger partial charge is 0.506 e. The molecule has 0 aliphatic heterocycles. The van der Waals surface area contributed by atoms with Crippen molar-refractivity contribution in [2.75, 3.05) is 10.5 Å². The van der Waals surface area contributed by atoms with Crippen molar-refractivity contribution >= 4 is 15.7 Å². The summed E-state index contributed by atoms with van der Waals surface area (Å²) >= 11 is 0. The van der Waals surface area contributed by atoms with Crippen molar-refractivity contribution in [2.24, 2.45) is 0 Å². The van der Waals surface area contributed by atoms with Gasteiger partial charge in [-0.05, 0) is 29.7 Å². The maximum absolute atomic E-state index is 12.1. The Morgan fingerprint density at radius 2 is 1.70 bits per heavy atom. The van der Waals surface area contributed by atoms with Crippen LogP contribution in [-0.4, -0.2) is 19.3 Å². The number of benzene rings is 2. The third-order valence-corrected chi connectivity index (χ3v) is 4.99. The van der Waals surface area contributed by atoms with Gasteiger partial charge in [0.2, 0.25) is 10.0 Å². The van der Waals surface area contributed by atoms with Crippen molar-refractivity contribution in [1.29, 1.82) is 0 Å². The number of anilines is 1. The summed E-state index contributed by atoms with van der Waals surface area (Å²) in [6.07, 6.45) is 3.62. The summed E-state index contributed by atoms with van der Waals surface area (Å²) in [5.74, 6) is 0.00367. The molecule has 124 valence electrons. The van der Waals surface area contributed by atoms with Crippen LogP contribution in [0, 0.1) is 0 Å². The topological polar surface area (TPSA) is 66.4 Å². The SMILES string of the molecule is CCCCCCS(=O)(=O)Nc1cc(-c2ccccc2)ccc1O. The molecule has 0 saturated carbocycles. The summed E-state index contributed by atoms with van der Waals surface area (Å²) in [7, 11) is -3.45. The van der Waals surface area contributed by atoms with Crippen LogP contribution in [0.1, 0.15) is 32.6 Å². The van der Waals surface area contributed by atoms with Crippen LogP contribution in [-0.2, 0) is 10.0 Å². The van der Waals surface area contributed by atoms with Crippen LogP contribution < -0.4 is 4.72 Å². The van der Waals surface area contributed by atoms with Gasteiger partial charge in [0.25, 0.3) is 0 Å². The Kier molecular flexibility index (Phi) is 6.04. The first-order valence-corrected chi connectivity index (χ1v) is 9.56. The Bertz CT molecular complexity index is 727. The number of sulfonamides is 1. The molecule has 4 nitrogen and oxygen atoms in total. The van der Waals surface area contributed by atoms with Gasteiger partial charge in [0.05, 0.1) is 11.4 Å². The fourth-order valence-electron chi connectivity index (χ4n) is 2.37. The van der Waals surface area contributed by atoms with Crippen molar-refractivity contribution in [3.63, 3.8) is 0 Å². The molecule has 0 spiro atoms. The second kappa shape index (κ2) is 8.02. The van der Waals surface area contributed by atoms with Crippen LogP contribution in [0.25, 0.3) is 11.1 Å². The number of phenolic OH excluding ortho intramolecular Hbond substituents is 1. The lowest BCUT2D eigenvalue weighted by Crippen LogP contribution is -2.16. The summed E-state index contributed by atoms with van der Waals surface area (Å²) in [6.45, 7) is 2.08. The molecular formula is C18H23NO3S. The molecule has 0 aliphatic carbocycles. The monoisotopic (exact) mass is 333 g/mol. The molecule has 0 atom stereocenters. The summed E-state index contributed by atoms with van der Waals surface area (Å²) in [6, 6.07) is 14.6. The van der Waals surface area contributed by atoms with Gasteiger partial charge in [0.15, 0.2) is 0 Å². The van der Waals surface area contributed by atoms with Crippen molar-refractivity contribution in [3.05, 3.63) is 48.5 Å². The Balaban J connectivity index is 2.13.